The lowest BCUT2D eigenvalue weighted by molar-refractivity contribution is 0.268. The summed E-state index contributed by atoms with van der Waals surface area (Å²) >= 11 is 1.55. The van der Waals surface area contributed by atoms with E-state index in [4.69, 9.17) is 9.84 Å². The van der Waals surface area contributed by atoms with Crippen molar-refractivity contribution >= 4 is 11.3 Å². The van der Waals surface area contributed by atoms with Crippen LogP contribution in [0, 0.1) is 0 Å². The van der Waals surface area contributed by atoms with Gasteiger partial charge in [0.15, 0.2) is 0 Å². The Balaban J connectivity index is 2.70. The van der Waals surface area contributed by atoms with Crippen molar-refractivity contribution in [2.45, 2.75) is 13.5 Å². The lowest BCUT2D eigenvalue weighted by atomic mass is 10.3. The van der Waals surface area contributed by atoms with E-state index in [1.807, 2.05) is 17.7 Å². The van der Waals surface area contributed by atoms with Crippen LogP contribution >= 0.6 is 11.3 Å². The van der Waals surface area contributed by atoms with Crippen molar-refractivity contribution in [3.8, 4) is 5.75 Å². The molecule has 0 aromatic carbocycles. The molecule has 0 aliphatic heterocycles. The van der Waals surface area contributed by atoms with Crippen molar-refractivity contribution in [1.82, 2.24) is 0 Å². The van der Waals surface area contributed by atoms with Gasteiger partial charge in [-0.05, 0) is 6.92 Å². The molecule has 1 N–H and O–H groups in total. The zero-order valence-corrected chi connectivity index (χ0v) is 6.65. The maximum absolute atomic E-state index is 8.76. The fraction of sp³-hybridized carbons (Fsp3) is 0.429. The Labute approximate surface area is 64.1 Å². The van der Waals surface area contributed by atoms with E-state index < -0.39 is 0 Å². The summed E-state index contributed by atoms with van der Waals surface area (Å²) in [6, 6.07) is 0. The highest BCUT2D eigenvalue weighted by Crippen LogP contribution is 2.22. The zero-order valence-electron chi connectivity index (χ0n) is 5.83. The Hall–Kier alpha value is -0.540. The molecule has 0 spiro atoms. The van der Waals surface area contributed by atoms with Gasteiger partial charge in [-0.25, -0.2) is 0 Å². The molecule has 1 aromatic rings. The van der Waals surface area contributed by atoms with Gasteiger partial charge in [0.25, 0.3) is 0 Å². The molecule has 0 aliphatic rings. The van der Waals surface area contributed by atoms with Crippen molar-refractivity contribution in [2.24, 2.45) is 0 Å². The Kier molecular flexibility index (Phi) is 2.71. The quantitative estimate of drug-likeness (QED) is 0.724. The fourth-order valence-electron chi connectivity index (χ4n) is 0.709. The summed E-state index contributed by atoms with van der Waals surface area (Å²) in [6.07, 6.45) is 0. The van der Waals surface area contributed by atoms with E-state index >= 15 is 0 Å². The molecule has 1 aromatic heterocycles. The lowest BCUT2D eigenvalue weighted by Crippen LogP contribution is -1.92. The lowest BCUT2D eigenvalue weighted by Gasteiger charge is -2.00. The second kappa shape index (κ2) is 3.58. The molecule has 56 valence electrons. The van der Waals surface area contributed by atoms with Crippen molar-refractivity contribution in [2.75, 3.05) is 6.61 Å². The van der Waals surface area contributed by atoms with Gasteiger partial charge in [0.1, 0.15) is 5.75 Å². The van der Waals surface area contributed by atoms with E-state index in [-0.39, 0.29) is 6.61 Å². The average molecular weight is 158 g/mol. The molecular weight excluding hydrogens is 148 g/mol. The Morgan fingerprint density at radius 2 is 2.40 bits per heavy atom. The van der Waals surface area contributed by atoms with Crippen LogP contribution in [-0.4, -0.2) is 11.7 Å². The Morgan fingerprint density at radius 1 is 1.60 bits per heavy atom. The minimum absolute atomic E-state index is 0.0683. The van der Waals surface area contributed by atoms with Crippen LogP contribution in [0.3, 0.4) is 0 Å². The van der Waals surface area contributed by atoms with Crippen LogP contribution in [0.15, 0.2) is 10.8 Å². The molecule has 0 amide bonds. The summed E-state index contributed by atoms with van der Waals surface area (Å²) in [6.45, 7) is 2.65. The molecule has 1 rings (SSSR count). The zero-order chi connectivity index (χ0) is 7.40. The molecule has 0 saturated carbocycles. The molecule has 0 bridgehead atoms. The third-order valence-corrected chi connectivity index (χ3v) is 1.94. The normalized spacial score (nSPS) is 9.80. The number of ether oxygens (including phenoxy) is 1. The van der Waals surface area contributed by atoms with Gasteiger partial charge in [-0.1, -0.05) is 0 Å². The Bertz CT molecular complexity index is 195. The predicted octanol–water partition coefficient (Wildman–Crippen LogP) is 1.64. The molecule has 0 atom stereocenters. The van der Waals surface area contributed by atoms with E-state index in [0.717, 1.165) is 11.3 Å². The first-order chi connectivity index (χ1) is 4.88. The van der Waals surface area contributed by atoms with Crippen LogP contribution in [0.5, 0.6) is 5.75 Å². The molecule has 0 radical (unpaired) electrons. The third-order valence-electron chi connectivity index (χ3n) is 1.17. The summed E-state index contributed by atoms with van der Waals surface area (Å²) < 4.78 is 5.22. The maximum atomic E-state index is 8.76. The number of aliphatic hydroxyl groups excluding tert-OH is 1. The van der Waals surface area contributed by atoms with Gasteiger partial charge in [-0.15, -0.1) is 11.3 Å². The molecule has 1 heterocycles. The minimum atomic E-state index is 0.0683. The number of rotatable bonds is 3. The second-order valence-corrected chi connectivity index (χ2v) is 2.60. The second-order valence-electron chi connectivity index (χ2n) is 1.85. The van der Waals surface area contributed by atoms with Crippen molar-refractivity contribution in [3.63, 3.8) is 0 Å². The standard InChI is InChI=1S/C7H10O2S/c1-2-9-7-5-10-4-6(7)3-8/h4-5,8H,2-3H2,1H3. The van der Waals surface area contributed by atoms with Crippen LogP contribution in [0.25, 0.3) is 0 Å². The fourth-order valence-corrected chi connectivity index (χ4v) is 1.48. The van der Waals surface area contributed by atoms with Gasteiger partial charge in [-0.3, -0.25) is 0 Å². The highest BCUT2D eigenvalue weighted by Gasteiger charge is 2.00. The maximum Gasteiger partial charge on any atom is 0.135 e. The predicted molar refractivity (Wildman–Crippen MR) is 41.4 cm³/mol. The van der Waals surface area contributed by atoms with Crippen LogP contribution in [0.4, 0.5) is 0 Å². The summed E-state index contributed by atoms with van der Waals surface area (Å²) in [5, 5.41) is 12.6. The highest BCUT2D eigenvalue weighted by molar-refractivity contribution is 7.08. The van der Waals surface area contributed by atoms with Crippen molar-refractivity contribution in [1.29, 1.82) is 0 Å². The van der Waals surface area contributed by atoms with Crippen LogP contribution in [0.1, 0.15) is 12.5 Å². The Morgan fingerprint density at radius 3 is 3.00 bits per heavy atom. The first kappa shape index (κ1) is 7.57. The van der Waals surface area contributed by atoms with Gasteiger partial charge >= 0.3 is 0 Å². The van der Waals surface area contributed by atoms with E-state index in [9.17, 15) is 0 Å². The third kappa shape index (κ3) is 1.49. The largest absolute Gasteiger partial charge is 0.493 e. The molecule has 2 nitrogen and oxygen atoms in total. The molecule has 0 unspecified atom stereocenters. The topological polar surface area (TPSA) is 29.5 Å². The molecule has 10 heavy (non-hydrogen) atoms. The van der Waals surface area contributed by atoms with E-state index in [2.05, 4.69) is 0 Å². The highest BCUT2D eigenvalue weighted by atomic mass is 32.1. The summed E-state index contributed by atoms with van der Waals surface area (Å²) in [5.41, 5.74) is 0.881. The summed E-state index contributed by atoms with van der Waals surface area (Å²) in [4.78, 5) is 0. The minimum Gasteiger partial charge on any atom is -0.493 e. The van der Waals surface area contributed by atoms with Crippen molar-refractivity contribution < 1.29 is 9.84 Å². The molecule has 0 aliphatic carbocycles. The molecule has 0 fully saturated rings. The number of hydrogen-bond donors (Lipinski definition) is 1. The summed E-state index contributed by atoms with van der Waals surface area (Å²) in [7, 11) is 0. The first-order valence-corrected chi connectivity index (χ1v) is 4.11. The van der Waals surface area contributed by atoms with Crippen molar-refractivity contribution in [3.05, 3.63) is 16.3 Å². The van der Waals surface area contributed by atoms with E-state index in [1.165, 1.54) is 0 Å². The monoisotopic (exact) mass is 158 g/mol. The SMILES string of the molecule is CCOc1cscc1CO. The van der Waals surface area contributed by atoms with E-state index in [1.54, 1.807) is 11.3 Å². The van der Waals surface area contributed by atoms with Gasteiger partial charge in [0, 0.05) is 16.3 Å². The smallest absolute Gasteiger partial charge is 0.135 e. The summed E-state index contributed by atoms with van der Waals surface area (Å²) in [5.74, 6) is 0.815. The van der Waals surface area contributed by atoms with Gasteiger partial charge in [0.05, 0.1) is 13.2 Å². The number of aliphatic hydroxyl groups is 1. The van der Waals surface area contributed by atoms with Gasteiger partial charge in [-0.2, -0.15) is 0 Å². The molecule has 0 saturated heterocycles. The molecular formula is C7H10O2S. The van der Waals surface area contributed by atoms with Crippen LogP contribution in [0.2, 0.25) is 0 Å². The van der Waals surface area contributed by atoms with Crippen LogP contribution in [-0.2, 0) is 6.61 Å². The van der Waals surface area contributed by atoms with Gasteiger partial charge in [0.2, 0.25) is 0 Å². The molecule has 3 heteroatoms. The average Bonchev–Trinajstić information content (AvgIpc) is 2.36. The number of thiophene rings is 1. The first-order valence-electron chi connectivity index (χ1n) is 3.17. The van der Waals surface area contributed by atoms with Crippen LogP contribution < -0.4 is 4.74 Å². The number of hydrogen-bond acceptors (Lipinski definition) is 3. The van der Waals surface area contributed by atoms with Gasteiger partial charge < -0.3 is 9.84 Å². The van der Waals surface area contributed by atoms with E-state index in [0.29, 0.717) is 6.61 Å².